The molecule has 12 aromatic rings. The molecule has 1 unspecified atom stereocenters. The fraction of sp³-hybridized carbons (Fsp3) is 0.0423. The van der Waals surface area contributed by atoms with Crippen LogP contribution in [0.3, 0.4) is 0 Å². The van der Waals surface area contributed by atoms with E-state index in [2.05, 4.69) is 272 Å². The van der Waals surface area contributed by atoms with Crippen LogP contribution in [-0.4, -0.2) is 0 Å². The van der Waals surface area contributed by atoms with Gasteiger partial charge >= 0.3 is 0 Å². The number of rotatable bonds is 6. The lowest BCUT2D eigenvalue weighted by Gasteiger charge is -2.34. The van der Waals surface area contributed by atoms with Crippen LogP contribution in [0.1, 0.15) is 24.5 Å². The zero-order valence-corrected chi connectivity index (χ0v) is 42.9. The summed E-state index contributed by atoms with van der Waals surface area (Å²) in [6.07, 6.45) is 5.79. The molecule has 2 aliphatic heterocycles. The molecular formula is C71H48N2S2. The Hall–Kier alpha value is -8.54. The highest BCUT2D eigenvalue weighted by atomic mass is 32.2. The first-order chi connectivity index (χ1) is 37.1. The Morgan fingerprint density at radius 1 is 0.333 bits per heavy atom. The van der Waals surface area contributed by atoms with Crippen LogP contribution in [0.4, 0.5) is 34.1 Å². The fourth-order valence-corrected chi connectivity index (χ4v) is 14.2. The summed E-state index contributed by atoms with van der Waals surface area (Å²) in [7, 11) is 0. The number of hydrogen-bond donors (Lipinski definition) is 0. The Balaban J connectivity index is 1.00. The van der Waals surface area contributed by atoms with Crippen molar-refractivity contribution in [2.45, 2.75) is 32.9 Å². The molecule has 15 rings (SSSR count). The third kappa shape index (κ3) is 7.42. The molecule has 12 aromatic carbocycles. The van der Waals surface area contributed by atoms with Gasteiger partial charge in [-0.1, -0.05) is 200 Å². The summed E-state index contributed by atoms with van der Waals surface area (Å²) < 4.78 is 0. The Morgan fingerprint density at radius 3 is 1.27 bits per heavy atom. The maximum Gasteiger partial charge on any atom is 0.0601 e. The van der Waals surface area contributed by atoms with Crippen molar-refractivity contribution < 1.29 is 0 Å². The van der Waals surface area contributed by atoms with Gasteiger partial charge in [0.1, 0.15) is 0 Å². The molecule has 75 heavy (non-hydrogen) atoms. The number of allylic oxidation sites excluding steroid dienone is 4. The van der Waals surface area contributed by atoms with E-state index < -0.39 is 0 Å². The Morgan fingerprint density at radius 2 is 0.747 bits per heavy atom. The number of benzene rings is 12. The maximum absolute atomic E-state index is 2.50. The van der Waals surface area contributed by atoms with Gasteiger partial charge in [-0.2, -0.15) is 0 Å². The molecule has 3 aliphatic rings. The van der Waals surface area contributed by atoms with Gasteiger partial charge in [0.2, 0.25) is 0 Å². The lowest BCUT2D eigenvalue weighted by atomic mass is 9.77. The zero-order valence-electron chi connectivity index (χ0n) is 41.2. The van der Waals surface area contributed by atoms with Crippen LogP contribution in [0.2, 0.25) is 0 Å². The van der Waals surface area contributed by atoms with Crippen molar-refractivity contribution in [3.8, 4) is 22.3 Å². The zero-order chi connectivity index (χ0) is 49.6. The molecule has 1 atom stereocenters. The van der Waals surface area contributed by atoms with Crippen molar-refractivity contribution in [1.29, 1.82) is 0 Å². The number of hydrogen-bond acceptors (Lipinski definition) is 4. The molecule has 0 amide bonds. The van der Waals surface area contributed by atoms with E-state index in [9.17, 15) is 0 Å². The average molecular weight is 993 g/mol. The molecule has 0 bridgehead atoms. The highest BCUT2D eigenvalue weighted by Gasteiger charge is 2.30. The SMILES string of the molecule is CC1CC(c2ccc3ccccc3c2)=CC=C1c1c2cc(N3c4ccccc4Sc4ccccc43)ccc2c(-c2ccc(-c3ccc4ccccc4c3)cc2)c2cc(N3c4ccccc4Sc4ccccc43)ccc12. The molecule has 0 aromatic heterocycles. The number of para-hydroxylation sites is 4. The summed E-state index contributed by atoms with van der Waals surface area (Å²) in [6, 6.07) is 90.4. The second-order valence-electron chi connectivity index (χ2n) is 20.1. The Kier molecular flexibility index (Phi) is 10.5. The predicted molar refractivity (Wildman–Crippen MR) is 321 cm³/mol. The van der Waals surface area contributed by atoms with Gasteiger partial charge < -0.3 is 9.80 Å². The summed E-state index contributed by atoms with van der Waals surface area (Å²) in [5.74, 6) is 0.240. The van der Waals surface area contributed by atoms with Gasteiger partial charge in [0.15, 0.2) is 0 Å². The topological polar surface area (TPSA) is 6.48 Å². The van der Waals surface area contributed by atoms with Gasteiger partial charge in [-0.15, -0.1) is 0 Å². The molecule has 0 saturated heterocycles. The quantitative estimate of drug-likeness (QED) is 0.153. The van der Waals surface area contributed by atoms with Crippen LogP contribution in [-0.2, 0) is 0 Å². The fourth-order valence-electron chi connectivity index (χ4n) is 12.1. The summed E-state index contributed by atoms with van der Waals surface area (Å²) >= 11 is 3.70. The van der Waals surface area contributed by atoms with Gasteiger partial charge in [-0.25, -0.2) is 0 Å². The van der Waals surface area contributed by atoms with E-state index in [1.807, 2.05) is 23.5 Å². The third-order valence-electron chi connectivity index (χ3n) is 15.7. The summed E-state index contributed by atoms with van der Waals surface area (Å²) in [5.41, 5.74) is 17.2. The van der Waals surface area contributed by atoms with Gasteiger partial charge in [0, 0.05) is 31.0 Å². The van der Waals surface area contributed by atoms with Crippen LogP contribution in [0, 0.1) is 5.92 Å². The molecule has 0 N–H and O–H groups in total. The molecule has 2 nitrogen and oxygen atoms in total. The van der Waals surface area contributed by atoms with Crippen LogP contribution in [0.15, 0.2) is 274 Å². The Bertz CT molecular complexity index is 4280. The summed E-state index contributed by atoms with van der Waals surface area (Å²) in [6.45, 7) is 2.43. The smallest absolute Gasteiger partial charge is 0.0601 e. The lowest BCUT2D eigenvalue weighted by molar-refractivity contribution is 0.773. The number of fused-ring (bicyclic) bond motifs is 8. The molecule has 1 aliphatic carbocycles. The number of nitrogens with zero attached hydrogens (tertiary/aromatic N) is 2. The molecule has 354 valence electrons. The van der Waals surface area contributed by atoms with Crippen molar-refractivity contribution >= 4 is 112 Å². The average Bonchev–Trinajstić information content (AvgIpc) is 3.47. The van der Waals surface area contributed by atoms with E-state index in [0.29, 0.717) is 0 Å². The molecule has 2 heterocycles. The first-order valence-corrected chi connectivity index (χ1v) is 27.6. The van der Waals surface area contributed by atoms with Crippen LogP contribution in [0.5, 0.6) is 0 Å². The minimum atomic E-state index is 0.240. The largest absolute Gasteiger partial charge is 0.308 e. The van der Waals surface area contributed by atoms with Gasteiger partial charge in [-0.3, -0.25) is 0 Å². The van der Waals surface area contributed by atoms with Crippen molar-refractivity contribution in [2.24, 2.45) is 5.92 Å². The van der Waals surface area contributed by atoms with Crippen molar-refractivity contribution in [1.82, 2.24) is 0 Å². The van der Waals surface area contributed by atoms with Gasteiger partial charge in [-0.05, 0) is 185 Å². The van der Waals surface area contributed by atoms with Gasteiger partial charge in [0.05, 0.1) is 22.7 Å². The third-order valence-corrected chi connectivity index (χ3v) is 17.9. The minimum absolute atomic E-state index is 0.240. The van der Waals surface area contributed by atoms with E-state index in [1.165, 1.54) is 130 Å². The van der Waals surface area contributed by atoms with Crippen molar-refractivity contribution in [3.63, 3.8) is 0 Å². The maximum atomic E-state index is 2.50. The number of anilines is 6. The van der Waals surface area contributed by atoms with E-state index in [1.54, 1.807) is 0 Å². The molecule has 0 saturated carbocycles. The highest BCUT2D eigenvalue weighted by molar-refractivity contribution is 8.00. The Labute approximate surface area is 445 Å². The summed E-state index contributed by atoms with van der Waals surface area (Å²) in [5, 5.41) is 10.0. The van der Waals surface area contributed by atoms with Crippen LogP contribution < -0.4 is 9.80 Å². The second kappa shape index (κ2) is 17.8. The van der Waals surface area contributed by atoms with E-state index in [4.69, 9.17) is 0 Å². The van der Waals surface area contributed by atoms with Gasteiger partial charge in [0.25, 0.3) is 0 Å². The van der Waals surface area contributed by atoms with Crippen molar-refractivity contribution in [3.05, 3.63) is 266 Å². The molecular weight excluding hydrogens is 945 g/mol. The molecule has 0 fully saturated rings. The van der Waals surface area contributed by atoms with Crippen molar-refractivity contribution in [2.75, 3.05) is 9.80 Å². The molecule has 4 heteroatoms. The predicted octanol–water partition coefficient (Wildman–Crippen LogP) is 21.0. The van der Waals surface area contributed by atoms with E-state index in [0.717, 1.165) is 17.8 Å². The monoisotopic (exact) mass is 992 g/mol. The highest BCUT2D eigenvalue weighted by Crippen LogP contribution is 2.56. The van der Waals surface area contributed by atoms with E-state index >= 15 is 0 Å². The van der Waals surface area contributed by atoms with E-state index in [-0.39, 0.29) is 5.92 Å². The lowest BCUT2D eigenvalue weighted by Crippen LogP contribution is -2.15. The minimum Gasteiger partial charge on any atom is -0.308 e. The normalized spacial score (nSPS) is 14.8. The standard InChI is InChI=1S/C71H48N2S2/c1-45-40-52(54-33-29-47-15-3-5-17-51(47)42-54)34-37-57(45)71-59-39-36-55(72-62-18-6-10-22-66(62)74-67-23-11-7-19-63(67)72)43-60(59)70(49-30-26-48(27-31-49)53-32-28-46-14-2-4-16-50(46)41-53)58-38-35-56(44-61(58)71)73-64-20-8-12-24-68(64)75-69-25-13-9-21-65(69)73/h2-39,41-45H,40H2,1H3. The first kappa shape index (κ1) is 44.0. The first-order valence-electron chi connectivity index (χ1n) is 25.9. The molecule has 0 spiro atoms. The second-order valence-corrected chi connectivity index (χ2v) is 22.2. The molecule has 0 radical (unpaired) electrons. The summed E-state index contributed by atoms with van der Waals surface area (Å²) in [4.78, 5) is 9.97. The van der Waals surface area contributed by atoms with Crippen LogP contribution in [0.25, 0.3) is 76.5 Å². The van der Waals surface area contributed by atoms with Crippen LogP contribution >= 0.6 is 23.5 Å².